The van der Waals surface area contributed by atoms with Crippen LogP contribution < -0.4 is 9.47 Å². The number of benzene rings is 1. The molecule has 2 aromatic heterocycles. The van der Waals surface area contributed by atoms with Crippen LogP contribution in [-0.4, -0.2) is 23.6 Å². The van der Waals surface area contributed by atoms with E-state index in [1.54, 1.807) is 25.6 Å². The molecule has 3 rings (SSSR count). The maximum atomic E-state index is 5.44. The first kappa shape index (κ1) is 13.0. The minimum absolute atomic E-state index is 0.768. The van der Waals surface area contributed by atoms with Crippen molar-refractivity contribution in [3.05, 3.63) is 35.0 Å². The van der Waals surface area contributed by atoms with E-state index in [9.17, 15) is 0 Å². The van der Waals surface area contributed by atoms with Crippen LogP contribution in [0, 0.1) is 13.8 Å². The quantitative estimate of drug-likeness (QED) is 0.737. The number of aromatic nitrogens is 2. The smallest absolute Gasteiger partial charge is 0.194 e. The summed E-state index contributed by atoms with van der Waals surface area (Å²) >= 11 is 1.70. The summed E-state index contributed by atoms with van der Waals surface area (Å²) in [6.07, 6.45) is 2.05. The van der Waals surface area contributed by atoms with Crippen molar-refractivity contribution in [2.45, 2.75) is 13.8 Å². The summed E-state index contributed by atoms with van der Waals surface area (Å²) in [4.78, 5) is 6.99. The third-order valence-corrected chi connectivity index (χ3v) is 4.55. The SMILES string of the molecule is COc1ccc(-c2cn3c(C)c(C)sc3n2)c(OC)c1. The van der Waals surface area contributed by atoms with Crippen molar-refractivity contribution in [1.82, 2.24) is 9.38 Å². The van der Waals surface area contributed by atoms with Gasteiger partial charge < -0.3 is 9.47 Å². The van der Waals surface area contributed by atoms with Gasteiger partial charge >= 0.3 is 0 Å². The van der Waals surface area contributed by atoms with Gasteiger partial charge in [0.2, 0.25) is 0 Å². The normalized spacial score (nSPS) is 11.0. The summed E-state index contributed by atoms with van der Waals surface area (Å²) in [6, 6.07) is 5.77. The van der Waals surface area contributed by atoms with E-state index < -0.39 is 0 Å². The Morgan fingerprint density at radius 3 is 2.60 bits per heavy atom. The molecule has 0 fully saturated rings. The molecule has 0 saturated heterocycles. The van der Waals surface area contributed by atoms with E-state index in [4.69, 9.17) is 9.47 Å². The van der Waals surface area contributed by atoms with Gasteiger partial charge in [0, 0.05) is 28.4 Å². The Labute approximate surface area is 121 Å². The highest BCUT2D eigenvalue weighted by atomic mass is 32.1. The van der Waals surface area contributed by atoms with Crippen molar-refractivity contribution in [2.75, 3.05) is 14.2 Å². The predicted molar refractivity (Wildman–Crippen MR) is 81.1 cm³/mol. The van der Waals surface area contributed by atoms with Gasteiger partial charge in [-0.3, -0.25) is 4.40 Å². The van der Waals surface area contributed by atoms with E-state index in [0.29, 0.717) is 0 Å². The summed E-state index contributed by atoms with van der Waals surface area (Å²) < 4.78 is 12.8. The van der Waals surface area contributed by atoms with Gasteiger partial charge in [-0.15, -0.1) is 11.3 Å². The molecule has 5 heteroatoms. The lowest BCUT2D eigenvalue weighted by Gasteiger charge is -2.08. The number of nitrogens with zero attached hydrogens (tertiary/aromatic N) is 2. The molecular formula is C15H16N2O2S. The molecule has 0 spiro atoms. The van der Waals surface area contributed by atoms with Crippen molar-refractivity contribution in [3.63, 3.8) is 0 Å². The van der Waals surface area contributed by atoms with E-state index in [2.05, 4.69) is 29.4 Å². The summed E-state index contributed by atoms with van der Waals surface area (Å²) in [5.41, 5.74) is 3.12. The number of imidazole rings is 1. The third kappa shape index (κ3) is 1.94. The summed E-state index contributed by atoms with van der Waals surface area (Å²) in [7, 11) is 3.30. The van der Waals surface area contributed by atoms with Crippen LogP contribution in [-0.2, 0) is 0 Å². The standard InChI is InChI=1S/C15H16N2O2S/c1-9-10(2)20-15-16-13(8-17(9)15)12-6-5-11(18-3)7-14(12)19-4/h5-8H,1-4H3. The van der Waals surface area contributed by atoms with Crippen molar-refractivity contribution in [1.29, 1.82) is 0 Å². The maximum Gasteiger partial charge on any atom is 0.194 e. The first-order chi connectivity index (χ1) is 9.63. The lowest BCUT2D eigenvalue weighted by Crippen LogP contribution is -1.90. The molecule has 0 atom stereocenters. The number of aryl methyl sites for hydroxylation is 2. The monoisotopic (exact) mass is 288 g/mol. The van der Waals surface area contributed by atoms with Gasteiger partial charge in [-0.1, -0.05) is 0 Å². The zero-order valence-electron chi connectivity index (χ0n) is 11.9. The van der Waals surface area contributed by atoms with Crippen LogP contribution in [0.15, 0.2) is 24.4 Å². The topological polar surface area (TPSA) is 35.8 Å². The van der Waals surface area contributed by atoms with Gasteiger partial charge in [-0.05, 0) is 26.0 Å². The highest BCUT2D eigenvalue weighted by molar-refractivity contribution is 7.17. The lowest BCUT2D eigenvalue weighted by molar-refractivity contribution is 0.395. The van der Waals surface area contributed by atoms with Crippen LogP contribution in [0.2, 0.25) is 0 Å². The molecule has 0 radical (unpaired) electrons. The number of rotatable bonds is 3. The van der Waals surface area contributed by atoms with Gasteiger partial charge in [-0.2, -0.15) is 0 Å². The van der Waals surface area contributed by atoms with Gasteiger partial charge in [0.1, 0.15) is 11.5 Å². The molecule has 0 saturated carbocycles. The molecule has 0 amide bonds. The Bertz CT molecular complexity index is 774. The van der Waals surface area contributed by atoms with E-state index in [1.807, 2.05) is 18.2 Å². The number of hydrogen-bond donors (Lipinski definition) is 0. The number of fused-ring (bicyclic) bond motifs is 1. The first-order valence-corrected chi connectivity index (χ1v) is 7.13. The fourth-order valence-corrected chi connectivity index (χ4v) is 3.15. The van der Waals surface area contributed by atoms with E-state index >= 15 is 0 Å². The second kappa shape index (κ2) is 4.83. The fourth-order valence-electron chi connectivity index (χ4n) is 2.20. The first-order valence-electron chi connectivity index (χ1n) is 6.31. The van der Waals surface area contributed by atoms with E-state index in [0.717, 1.165) is 27.7 Å². The van der Waals surface area contributed by atoms with Crippen molar-refractivity contribution in [2.24, 2.45) is 0 Å². The minimum atomic E-state index is 0.768. The Balaban J connectivity index is 2.14. The molecule has 0 aliphatic heterocycles. The summed E-state index contributed by atoms with van der Waals surface area (Å²) in [6.45, 7) is 4.22. The Morgan fingerprint density at radius 1 is 1.15 bits per heavy atom. The predicted octanol–water partition coefficient (Wildman–Crippen LogP) is 3.70. The van der Waals surface area contributed by atoms with Crippen LogP contribution in [0.1, 0.15) is 10.6 Å². The number of hydrogen-bond acceptors (Lipinski definition) is 4. The van der Waals surface area contributed by atoms with Crippen LogP contribution in [0.3, 0.4) is 0 Å². The third-order valence-electron chi connectivity index (χ3n) is 3.47. The highest BCUT2D eigenvalue weighted by Gasteiger charge is 2.14. The Hall–Kier alpha value is -2.01. The lowest BCUT2D eigenvalue weighted by atomic mass is 10.1. The molecule has 104 valence electrons. The van der Waals surface area contributed by atoms with Gasteiger partial charge in [0.15, 0.2) is 4.96 Å². The molecule has 0 unspecified atom stereocenters. The van der Waals surface area contributed by atoms with Crippen molar-refractivity contribution >= 4 is 16.3 Å². The maximum absolute atomic E-state index is 5.44. The molecule has 0 N–H and O–H groups in total. The molecule has 0 aliphatic carbocycles. The van der Waals surface area contributed by atoms with Gasteiger partial charge in [0.25, 0.3) is 0 Å². The zero-order chi connectivity index (χ0) is 14.3. The average Bonchev–Trinajstić information content (AvgIpc) is 2.99. The molecule has 20 heavy (non-hydrogen) atoms. The van der Waals surface area contributed by atoms with Gasteiger partial charge in [0.05, 0.1) is 19.9 Å². The van der Waals surface area contributed by atoms with Gasteiger partial charge in [-0.25, -0.2) is 4.98 Å². The van der Waals surface area contributed by atoms with E-state index in [-0.39, 0.29) is 0 Å². The Kier molecular flexibility index (Phi) is 3.14. The molecular weight excluding hydrogens is 272 g/mol. The molecule has 0 aliphatic rings. The van der Waals surface area contributed by atoms with Crippen LogP contribution >= 0.6 is 11.3 Å². The molecule has 0 bridgehead atoms. The molecule has 2 heterocycles. The number of thiazole rings is 1. The number of methoxy groups -OCH3 is 2. The Morgan fingerprint density at radius 2 is 1.95 bits per heavy atom. The number of ether oxygens (including phenoxy) is 2. The second-order valence-corrected chi connectivity index (χ2v) is 5.77. The van der Waals surface area contributed by atoms with Crippen LogP contribution in [0.5, 0.6) is 11.5 Å². The summed E-state index contributed by atoms with van der Waals surface area (Å²) in [5.74, 6) is 1.54. The van der Waals surface area contributed by atoms with Crippen molar-refractivity contribution in [3.8, 4) is 22.8 Å². The van der Waals surface area contributed by atoms with Crippen LogP contribution in [0.25, 0.3) is 16.2 Å². The highest BCUT2D eigenvalue weighted by Crippen LogP contribution is 2.34. The molecule has 4 nitrogen and oxygen atoms in total. The molecule has 3 aromatic rings. The molecule has 1 aromatic carbocycles. The van der Waals surface area contributed by atoms with E-state index in [1.165, 1.54) is 10.6 Å². The average molecular weight is 288 g/mol. The second-order valence-electron chi connectivity index (χ2n) is 4.59. The van der Waals surface area contributed by atoms with Crippen molar-refractivity contribution < 1.29 is 9.47 Å². The minimum Gasteiger partial charge on any atom is -0.497 e. The fraction of sp³-hybridized carbons (Fsp3) is 0.267. The largest absolute Gasteiger partial charge is 0.497 e. The van der Waals surface area contributed by atoms with Crippen LogP contribution in [0.4, 0.5) is 0 Å². The zero-order valence-corrected chi connectivity index (χ0v) is 12.7. The summed E-state index contributed by atoms with van der Waals surface area (Å²) in [5, 5.41) is 0.